The van der Waals surface area contributed by atoms with Crippen LogP contribution in [0.1, 0.15) is 52.3 Å². The van der Waals surface area contributed by atoms with Gasteiger partial charge >= 0.3 is 0 Å². The first-order valence-electron chi connectivity index (χ1n) is 10.9. The van der Waals surface area contributed by atoms with Gasteiger partial charge in [-0.15, -0.1) is 0 Å². The fourth-order valence-corrected chi connectivity index (χ4v) is 4.20. The summed E-state index contributed by atoms with van der Waals surface area (Å²) in [7, 11) is 0. The standard InChI is InChI=1S/C29H32O2/c1-20-9-5-7-11-25(20)14-16-28(27-15-13-24(19-30)17-22(27)3)29(23(4)31)18-26-12-8-6-10-21(26)2/h5-13,15,17,30H,14,16,18-19H2,1-4H3/b29-28-. The number of rotatable bonds is 8. The van der Waals surface area contributed by atoms with E-state index in [0.717, 1.165) is 40.7 Å². The maximum absolute atomic E-state index is 12.9. The number of carbonyl (C=O) groups is 1. The molecule has 0 atom stereocenters. The Hall–Kier alpha value is -2.97. The highest BCUT2D eigenvalue weighted by atomic mass is 16.3. The molecule has 3 rings (SSSR count). The van der Waals surface area contributed by atoms with Crippen molar-refractivity contribution in [2.24, 2.45) is 0 Å². The number of carbonyl (C=O) groups excluding carboxylic acids is 1. The highest BCUT2D eigenvalue weighted by Crippen LogP contribution is 2.31. The van der Waals surface area contributed by atoms with Gasteiger partial charge in [-0.05, 0) is 85.1 Å². The molecule has 0 amide bonds. The number of Topliss-reactive ketones (excluding diaryl/α,β-unsaturated/α-hetero) is 1. The molecule has 0 aromatic heterocycles. The first kappa shape index (κ1) is 22.7. The summed E-state index contributed by atoms with van der Waals surface area (Å²) in [6.45, 7) is 8.00. The minimum Gasteiger partial charge on any atom is -0.392 e. The second kappa shape index (κ2) is 10.4. The summed E-state index contributed by atoms with van der Waals surface area (Å²) >= 11 is 0. The first-order chi connectivity index (χ1) is 14.9. The summed E-state index contributed by atoms with van der Waals surface area (Å²) in [5.74, 6) is 0.119. The fourth-order valence-electron chi connectivity index (χ4n) is 4.20. The van der Waals surface area contributed by atoms with Crippen LogP contribution >= 0.6 is 0 Å². The molecule has 0 aliphatic heterocycles. The van der Waals surface area contributed by atoms with Gasteiger partial charge in [-0.25, -0.2) is 0 Å². The van der Waals surface area contributed by atoms with E-state index < -0.39 is 0 Å². The van der Waals surface area contributed by atoms with Crippen LogP contribution in [-0.2, 0) is 24.2 Å². The van der Waals surface area contributed by atoms with Crippen molar-refractivity contribution in [2.45, 2.75) is 53.6 Å². The van der Waals surface area contributed by atoms with Crippen molar-refractivity contribution in [3.8, 4) is 0 Å². The van der Waals surface area contributed by atoms with Crippen LogP contribution in [0.3, 0.4) is 0 Å². The molecular weight excluding hydrogens is 380 g/mol. The number of aliphatic hydroxyl groups excluding tert-OH is 1. The zero-order valence-electron chi connectivity index (χ0n) is 19.0. The van der Waals surface area contributed by atoms with Crippen LogP contribution < -0.4 is 0 Å². The van der Waals surface area contributed by atoms with Gasteiger partial charge in [0.15, 0.2) is 5.78 Å². The van der Waals surface area contributed by atoms with Crippen LogP contribution in [0.15, 0.2) is 72.3 Å². The molecule has 0 saturated carbocycles. The normalized spacial score (nSPS) is 11.9. The van der Waals surface area contributed by atoms with E-state index in [-0.39, 0.29) is 12.4 Å². The lowest BCUT2D eigenvalue weighted by Crippen LogP contribution is -2.08. The second-order valence-corrected chi connectivity index (χ2v) is 8.35. The van der Waals surface area contributed by atoms with Gasteiger partial charge < -0.3 is 5.11 Å². The van der Waals surface area contributed by atoms with Gasteiger partial charge in [-0.2, -0.15) is 0 Å². The van der Waals surface area contributed by atoms with Crippen LogP contribution in [-0.4, -0.2) is 10.9 Å². The van der Waals surface area contributed by atoms with Gasteiger partial charge in [0.2, 0.25) is 0 Å². The van der Waals surface area contributed by atoms with Crippen molar-refractivity contribution in [1.29, 1.82) is 0 Å². The van der Waals surface area contributed by atoms with Crippen LogP contribution in [0.4, 0.5) is 0 Å². The molecule has 0 aliphatic carbocycles. The molecule has 0 radical (unpaired) electrons. The maximum atomic E-state index is 12.9. The molecule has 3 aromatic rings. The Kier molecular flexibility index (Phi) is 7.59. The van der Waals surface area contributed by atoms with E-state index in [9.17, 15) is 9.90 Å². The summed E-state index contributed by atoms with van der Waals surface area (Å²) in [5, 5.41) is 9.53. The molecule has 0 saturated heterocycles. The predicted molar refractivity (Wildman–Crippen MR) is 129 cm³/mol. The number of hydrogen-bond donors (Lipinski definition) is 1. The van der Waals surface area contributed by atoms with E-state index in [4.69, 9.17) is 0 Å². The van der Waals surface area contributed by atoms with E-state index in [0.29, 0.717) is 6.42 Å². The third-order valence-corrected chi connectivity index (χ3v) is 6.12. The molecular formula is C29H32O2. The van der Waals surface area contributed by atoms with Crippen molar-refractivity contribution in [2.75, 3.05) is 0 Å². The Morgan fingerprint density at radius 2 is 1.42 bits per heavy atom. The summed E-state index contributed by atoms with van der Waals surface area (Å²) in [4.78, 5) is 12.9. The number of aryl methyl sites for hydroxylation is 4. The topological polar surface area (TPSA) is 37.3 Å². The Balaban J connectivity index is 2.10. The van der Waals surface area contributed by atoms with Crippen molar-refractivity contribution in [3.63, 3.8) is 0 Å². The van der Waals surface area contributed by atoms with E-state index in [1.807, 2.05) is 24.3 Å². The lowest BCUT2D eigenvalue weighted by molar-refractivity contribution is -0.113. The van der Waals surface area contributed by atoms with E-state index in [1.165, 1.54) is 22.3 Å². The lowest BCUT2D eigenvalue weighted by Gasteiger charge is -2.18. The van der Waals surface area contributed by atoms with Crippen molar-refractivity contribution in [1.82, 2.24) is 0 Å². The van der Waals surface area contributed by atoms with Gasteiger partial charge in [-0.3, -0.25) is 4.79 Å². The van der Waals surface area contributed by atoms with Gasteiger partial charge in [0.05, 0.1) is 6.61 Å². The molecule has 0 bridgehead atoms. The zero-order chi connectivity index (χ0) is 22.4. The predicted octanol–water partition coefficient (Wildman–Crippen LogP) is 6.32. The molecule has 0 fully saturated rings. The number of aliphatic hydroxyl groups is 1. The number of benzene rings is 3. The largest absolute Gasteiger partial charge is 0.392 e. The van der Waals surface area contributed by atoms with Crippen molar-refractivity contribution < 1.29 is 9.90 Å². The highest BCUT2D eigenvalue weighted by Gasteiger charge is 2.17. The number of hydrogen-bond acceptors (Lipinski definition) is 2. The SMILES string of the molecule is CC(=O)/C(Cc1ccccc1C)=C(/CCc1ccccc1C)c1ccc(CO)cc1C. The lowest BCUT2D eigenvalue weighted by atomic mass is 9.85. The molecule has 0 unspecified atom stereocenters. The summed E-state index contributed by atoms with van der Waals surface area (Å²) in [6.07, 6.45) is 2.31. The summed E-state index contributed by atoms with van der Waals surface area (Å²) < 4.78 is 0. The van der Waals surface area contributed by atoms with E-state index in [1.54, 1.807) is 6.92 Å². The monoisotopic (exact) mass is 412 g/mol. The molecule has 0 heterocycles. The van der Waals surface area contributed by atoms with E-state index in [2.05, 4.69) is 63.2 Å². The molecule has 2 heteroatoms. The summed E-state index contributed by atoms with van der Waals surface area (Å²) in [6, 6.07) is 22.8. The maximum Gasteiger partial charge on any atom is 0.156 e. The van der Waals surface area contributed by atoms with Crippen LogP contribution in [0.5, 0.6) is 0 Å². The highest BCUT2D eigenvalue weighted by molar-refractivity contribution is 6.02. The van der Waals surface area contributed by atoms with Gasteiger partial charge in [0.25, 0.3) is 0 Å². The average Bonchev–Trinajstić information content (AvgIpc) is 2.75. The minimum absolute atomic E-state index is 0.0200. The molecule has 3 aromatic carbocycles. The first-order valence-corrected chi connectivity index (χ1v) is 10.9. The Labute approximate surface area is 186 Å². The Morgan fingerprint density at radius 3 is 1.97 bits per heavy atom. The molecule has 1 N–H and O–H groups in total. The number of allylic oxidation sites excluding steroid dienone is 2. The molecule has 0 spiro atoms. The van der Waals surface area contributed by atoms with E-state index >= 15 is 0 Å². The molecule has 160 valence electrons. The fraction of sp³-hybridized carbons (Fsp3) is 0.276. The molecule has 0 aliphatic rings. The molecule has 31 heavy (non-hydrogen) atoms. The Bertz CT molecular complexity index is 1110. The van der Waals surface area contributed by atoms with Crippen molar-refractivity contribution >= 4 is 11.4 Å². The molecule has 2 nitrogen and oxygen atoms in total. The number of ketones is 1. The quantitative estimate of drug-likeness (QED) is 0.439. The second-order valence-electron chi connectivity index (χ2n) is 8.35. The van der Waals surface area contributed by atoms with Crippen molar-refractivity contribution in [3.05, 3.63) is 111 Å². The summed E-state index contributed by atoms with van der Waals surface area (Å²) in [5.41, 5.74) is 10.0. The van der Waals surface area contributed by atoms with Gasteiger partial charge in [0, 0.05) is 12.0 Å². The van der Waals surface area contributed by atoms with Gasteiger partial charge in [0.1, 0.15) is 0 Å². The third-order valence-electron chi connectivity index (χ3n) is 6.12. The van der Waals surface area contributed by atoms with Gasteiger partial charge in [-0.1, -0.05) is 66.7 Å². The average molecular weight is 413 g/mol. The zero-order valence-corrected chi connectivity index (χ0v) is 19.0. The van der Waals surface area contributed by atoms with Crippen LogP contribution in [0.25, 0.3) is 5.57 Å². The Morgan fingerprint density at radius 1 is 0.806 bits per heavy atom. The van der Waals surface area contributed by atoms with Crippen LogP contribution in [0, 0.1) is 20.8 Å². The smallest absolute Gasteiger partial charge is 0.156 e. The third kappa shape index (κ3) is 5.59. The van der Waals surface area contributed by atoms with Crippen LogP contribution in [0.2, 0.25) is 0 Å². The minimum atomic E-state index is 0.0200.